The minimum absolute atomic E-state index is 0.686. The summed E-state index contributed by atoms with van der Waals surface area (Å²) in [5.41, 5.74) is 4.63. The molecule has 0 aliphatic heterocycles. The molecule has 3 rings (SSSR count). The Bertz CT molecular complexity index is 797. The van der Waals surface area contributed by atoms with Crippen molar-refractivity contribution in [3.05, 3.63) is 65.4 Å². The minimum Gasteiger partial charge on any atom is -0.399 e. The van der Waals surface area contributed by atoms with Gasteiger partial charge in [-0.25, -0.2) is 0 Å². The summed E-state index contributed by atoms with van der Waals surface area (Å²) in [6, 6.07) is 15.5. The summed E-state index contributed by atoms with van der Waals surface area (Å²) >= 11 is 6.11. The average molecular weight is 312 g/mol. The molecule has 0 aliphatic carbocycles. The van der Waals surface area contributed by atoms with Gasteiger partial charge < -0.3 is 9.82 Å². The van der Waals surface area contributed by atoms with Crippen molar-refractivity contribution in [1.29, 1.82) is 0 Å². The Labute approximate surface area is 133 Å². The van der Waals surface area contributed by atoms with Crippen molar-refractivity contribution in [2.45, 2.75) is 0 Å². The summed E-state index contributed by atoms with van der Waals surface area (Å²) in [6.07, 6.45) is 3.40. The lowest BCUT2D eigenvalue weighted by atomic mass is 10.1. The normalized spacial score (nSPS) is 11.0. The molecule has 1 N–H and O–H groups in total. The molecule has 5 heteroatoms. The summed E-state index contributed by atoms with van der Waals surface area (Å²) in [5.74, 6) is 0. The second-order valence-electron chi connectivity index (χ2n) is 4.66. The largest absolute Gasteiger partial charge is 0.399 e. The molecule has 0 radical (unpaired) electrons. The lowest BCUT2D eigenvalue weighted by molar-refractivity contribution is 0.215. The number of oxime groups is 1. The molecule has 0 atom stereocenters. The predicted molar refractivity (Wildman–Crippen MR) is 89.1 cm³/mol. The maximum atomic E-state index is 6.11. The van der Waals surface area contributed by atoms with Gasteiger partial charge in [-0.05, 0) is 30.3 Å². The standard InChI is InChI=1S/C17H14ClN3O/c1-22-20-11-14-10-15(16-7-2-3-8-19-16)17(21-14)12-5-4-6-13(18)9-12/h2-11,21H,1H3. The molecule has 2 heterocycles. The zero-order chi connectivity index (χ0) is 15.4. The van der Waals surface area contributed by atoms with Gasteiger partial charge in [0.2, 0.25) is 0 Å². The van der Waals surface area contributed by atoms with Crippen LogP contribution >= 0.6 is 11.6 Å². The van der Waals surface area contributed by atoms with Crippen molar-refractivity contribution in [2.24, 2.45) is 5.16 Å². The van der Waals surface area contributed by atoms with E-state index in [0.717, 1.165) is 28.2 Å². The number of hydrogen-bond donors (Lipinski definition) is 1. The lowest BCUT2D eigenvalue weighted by Crippen LogP contribution is -1.85. The van der Waals surface area contributed by atoms with Gasteiger partial charge in [0.05, 0.1) is 23.3 Å². The van der Waals surface area contributed by atoms with Crippen molar-refractivity contribution in [3.63, 3.8) is 0 Å². The Balaban J connectivity index is 2.15. The van der Waals surface area contributed by atoms with Gasteiger partial charge in [0.25, 0.3) is 0 Å². The van der Waals surface area contributed by atoms with Crippen molar-refractivity contribution in [2.75, 3.05) is 7.11 Å². The van der Waals surface area contributed by atoms with Gasteiger partial charge in [-0.2, -0.15) is 0 Å². The van der Waals surface area contributed by atoms with E-state index in [0.29, 0.717) is 5.02 Å². The van der Waals surface area contributed by atoms with Crippen LogP contribution in [0.1, 0.15) is 5.69 Å². The first-order chi connectivity index (χ1) is 10.8. The van der Waals surface area contributed by atoms with Crippen LogP contribution in [0, 0.1) is 0 Å². The molecule has 2 aromatic heterocycles. The van der Waals surface area contributed by atoms with Crippen molar-refractivity contribution in [3.8, 4) is 22.5 Å². The average Bonchev–Trinajstić information content (AvgIpc) is 2.98. The Morgan fingerprint density at radius 1 is 1.18 bits per heavy atom. The first-order valence-corrected chi connectivity index (χ1v) is 7.12. The number of nitrogens with one attached hydrogen (secondary N) is 1. The smallest absolute Gasteiger partial charge is 0.106 e. The summed E-state index contributed by atoms with van der Waals surface area (Å²) < 4.78 is 0. The Morgan fingerprint density at radius 2 is 2.09 bits per heavy atom. The van der Waals surface area contributed by atoms with Crippen molar-refractivity contribution < 1.29 is 4.84 Å². The van der Waals surface area contributed by atoms with E-state index in [2.05, 4.69) is 15.1 Å². The number of aromatic nitrogens is 2. The van der Waals surface area contributed by atoms with Gasteiger partial charge in [-0.15, -0.1) is 0 Å². The topological polar surface area (TPSA) is 50.3 Å². The number of pyridine rings is 1. The fraction of sp³-hybridized carbons (Fsp3) is 0.0588. The summed E-state index contributed by atoms with van der Waals surface area (Å²) in [6.45, 7) is 0. The van der Waals surface area contributed by atoms with Crippen LogP contribution in [-0.2, 0) is 4.84 Å². The lowest BCUT2D eigenvalue weighted by Gasteiger charge is -2.04. The van der Waals surface area contributed by atoms with Crippen LogP contribution in [0.4, 0.5) is 0 Å². The molecule has 0 amide bonds. The third-order valence-electron chi connectivity index (χ3n) is 3.19. The van der Waals surface area contributed by atoms with Crippen LogP contribution in [0.5, 0.6) is 0 Å². The van der Waals surface area contributed by atoms with Crippen LogP contribution in [-0.4, -0.2) is 23.3 Å². The maximum absolute atomic E-state index is 6.11. The molecule has 22 heavy (non-hydrogen) atoms. The second kappa shape index (κ2) is 6.45. The first kappa shape index (κ1) is 14.4. The highest BCUT2D eigenvalue weighted by molar-refractivity contribution is 6.30. The summed E-state index contributed by atoms with van der Waals surface area (Å²) in [7, 11) is 1.51. The van der Waals surface area contributed by atoms with E-state index in [1.807, 2.05) is 48.5 Å². The second-order valence-corrected chi connectivity index (χ2v) is 5.09. The molecule has 3 aromatic rings. The number of halogens is 1. The highest BCUT2D eigenvalue weighted by Crippen LogP contribution is 2.32. The fourth-order valence-electron chi connectivity index (χ4n) is 2.25. The molecule has 4 nitrogen and oxygen atoms in total. The molecule has 0 unspecified atom stereocenters. The number of aromatic amines is 1. The predicted octanol–water partition coefficient (Wildman–Crippen LogP) is 4.38. The van der Waals surface area contributed by atoms with Crippen LogP contribution in [0.15, 0.2) is 59.9 Å². The molecule has 0 fully saturated rings. The van der Waals surface area contributed by atoms with Crippen molar-refractivity contribution in [1.82, 2.24) is 9.97 Å². The monoisotopic (exact) mass is 311 g/mol. The third kappa shape index (κ3) is 3.02. The zero-order valence-electron chi connectivity index (χ0n) is 12.0. The molecule has 0 aliphatic rings. The van der Waals surface area contributed by atoms with Gasteiger partial charge in [-0.1, -0.05) is 35.0 Å². The van der Waals surface area contributed by atoms with E-state index in [1.165, 1.54) is 7.11 Å². The van der Waals surface area contributed by atoms with Gasteiger partial charge >= 0.3 is 0 Å². The molecule has 0 saturated carbocycles. The molecule has 1 aromatic carbocycles. The van der Waals surface area contributed by atoms with E-state index in [4.69, 9.17) is 16.4 Å². The van der Waals surface area contributed by atoms with Crippen LogP contribution in [0.25, 0.3) is 22.5 Å². The highest BCUT2D eigenvalue weighted by Gasteiger charge is 2.12. The summed E-state index contributed by atoms with van der Waals surface area (Å²) in [4.78, 5) is 12.5. The van der Waals surface area contributed by atoms with E-state index in [9.17, 15) is 0 Å². The fourth-order valence-corrected chi connectivity index (χ4v) is 2.44. The molecular formula is C17H14ClN3O. The summed E-state index contributed by atoms with van der Waals surface area (Å²) in [5, 5.41) is 4.48. The van der Waals surface area contributed by atoms with Gasteiger partial charge in [0.15, 0.2) is 0 Å². The van der Waals surface area contributed by atoms with Crippen molar-refractivity contribution >= 4 is 17.8 Å². The molecule has 110 valence electrons. The van der Waals surface area contributed by atoms with Crippen LogP contribution in [0.3, 0.4) is 0 Å². The number of H-pyrrole nitrogens is 1. The number of hydrogen-bond acceptors (Lipinski definition) is 3. The first-order valence-electron chi connectivity index (χ1n) is 6.75. The third-order valence-corrected chi connectivity index (χ3v) is 3.42. The molecular weight excluding hydrogens is 298 g/mol. The van der Waals surface area contributed by atoms with Gasteiger partial charge in [0, 0.05) is 22.3 Å². The Hall–Kier alpha value is -2.59. The molecule has 0 spiro atoms. The molecule has 0 saturated heterocycles. The highest BCUT2D eigenvalue weighted by atomic mass is 35.5. The number of nitrogens with zero attached hydrogens (tertiary/aromatic N) is 2. The quantitative estimate of drug-likeness (QED) is 0.574. The Kier molecular flexibility index (Phi) is 4.21. The molecule has 0 bridgehead atoms. The SMILES string of the molecule is CON=Cc1cc(-c2ccccn2)c(-c2cccc(Cl)c2)[nH]1. The zero-order valence-corrected chi connectivity index (χ0v) is 12.7. The van der Waals surface area contributed by atoms with Gasteiger partial charge in [-0.3, -0.25) is 4.98 Å². The van der Waals surface area contributed by atoms with Gasteiger partial charge in [0.1, 0.15) is 7.11 Å². The van der Waals surface area contributed by atoms with E-state index >= 15 is 0 Å². The van der Waals surface area contributed by atoms with Crippen LogP contribution in [0.2, 0.25) is 5.02 Å². The van der Waals surface area contributed by atoms with E-state index in [1.54, 1.807) is 12.4 Å². The Morgan fingerprint density at radius 3 is 2.82 bits per heavy atom. The maximum Gasteiger partial charge on any atom is 0.106 e. The van der Waals surface area contributed by atoms with E-state index < -0.39 is 0 Å². The number of benzene rings is 1. The van der Waals surface area contributed by atoms with E-state index in [-0.39, 0.29) is 0 Å². The van der Waals surface area contributed by atoms with Crippen LogP contribution < -0.4 is 0 Å². The number of rotatable bonds is 4. The minimum atomic E-state index is 0.686.